The number of nitrogens with zero attached hydrogens (tertiary/aromatic N) is 2. The van der Waals surface area contributed by atoms with E-state index in [1.807, 2.05) is 11.8 Å². The third-order valence-corrected chi connectivity index (χ3v) is 7.02. The normalized spacial score (nSPS) is 19.8. The molecule has 0 spiro atoms. The number of halogens is 1. The fourth-order valence-corrected chi connectivity index (χ4v) is 4.72. The van der Waals surface area contributed by atoms with Crippen LogP contribution in [0.4, 0.5) is 0 Å². The van der Waals surface area contributed by atoms with Gasteiger partial charge >= 0.3 is 0 Å². The summed E-state index contributed by atoms with van der Waals surface area (Å²) in [6.45, 7) is 2.15. The van der Waals surface area contributed by atoms with Crippen LogP contribution in [0.3, 0.4) is 0 Å². The highest BCUT2D eigenvalue weighted by atomic mass is 79.9. The highest BCUT2D eigenvalue weighted by Crippen LogP contribution is 2.47. The molecule has 0 radical (unpaired) electrons. The molecular weight excluding hydrogens is 328 g/mol. The summed E-state index contributed by atoms with van der Waals surface area (Å²) in [5.41, 5.74) is 1.44. The molecule has 2 aromatic rings. The van der Waals surface area contributed by atoms with Gasteiger partial charge in [0.25, 0.3) is 0 Å². The zero-order chi connectivity index (χ0) is 12.5. The van der Waals surface area contributed by atoms with Crippen molar-refractivity contribution in [3.8, 4) is 0 Å². The van der Waals surface area contributed by atoms with Crippen LogP contribution in [0.25, 0.3) is 0 Å². The van der Waals surface area contributed by atoms with E-state index in [1.165, 1.54) is 10.5 Å². The molecule has 2 unspecified atom stereocenters. The monoisotopic (exact) mass is 340 g/mol. The average molecular weight is 341 g/mol. The Morgan fingerprint density at radius 1 is 1.39 bits per heavy atom. The van der Waals surface area contributed by atoms with Crippen LogP contribution in [0.2, 0.25) is 0 Å². The van der Waals surface area contributed by atoms with Crippen molar-refractivity contribution in [2.24, 2.45) is 0 Å². The first-order chi connectivity index (χ1) is 8.78. The highest BCUT2D eigenvalue weighted by molar-refractivity contribution is 9.09. The Balaban J connectivity index is 1.80. The van der Waals surface area contributed by atoms with Crippen molar-refractivity contribution in [1.29, 1.82) is 0 Å². The molecule has 0 saturated carbocycles. The van der Waals surface area contributed by atoms with Gasteiger partial charge in [0, 0.05) is 4.90 Å². The quantitative estimate of drug-likeness (QED) is 0.752. The summed E-state index contributed by atoms with van der Waals surface area (Å²) in [5, 5.41) is 11.4. The van der Waals surface area contributed by atoms with Crippen LogP contribution in [0, 0.1) is 0 Å². The van der Waals surface area contributed by atoms with Crippen molar-refractivity contribution in [3.63, 3.8) is 0 Å². The summed E-state index contributed by atoms with van der Waals surface area (Å²) in [7, 11) is 0. The molecule has 1 aliphatic rings. The van der Waals surface area contributed by atoms with E-state index >= 15 is 0 Å². The maximum atomic E-state index is 4.37. The second kappa shape index (κ2) is 5.31. The summed E-state index contributed by atoms with van der Waals surface area (Å²) in [5.74, 6) is 0. The van der Waals surface area contributed by atoms with Crippen LogP contribution in [0.1, 0.15) is 39.0 Å². The molecule has 18 heavy (non-hydrogen) atoms. The number of hydrogen-bond donors (Lipinski definition) is 0. The van der Waals surface area contributed by atoms with Gasteiger partial charge in [-0.25, -0.2) is 0 Å². The van der Waals surface area contributed by atoms with Crippen LogP contribution < -0.4 is 0 Å². The van der Waals surface area contributed by atoms with Gasteiger partial charge in [-0.3, -0.25) is 0 Å². The van der Waals surface area contributed by atoms with Gasteiger partial charge in [0.15, 0.2) is 0 Å². The van der Waals surface area contributed by atoms with Crippen LogP contribution in [-0.4, -0.2) is 10.2 Å². The second-order valence-electron chi connectivity index (χ2n) is 4.27. The Hall–Kier alpha value is -0.390. The van der Waals surface area contributed by atoms with Crippen molar-refractivity contribution < 1.29 is 0 Å². The molecule has 1 aromatic carbocycles. The summed E-state index contributed by atoms with van der Waals surface area (Å²) in [6, 6.07) is 8.62. The van der Waals surface area contributed by atoms with E-state index in [1.54, 1.807) is 11.3 Å². The Bertz CT molecular complexity index is 530. The molecule has 94 valence electrons. The number of benzene rings is 1. The third-order valence-electron chi connectivity index (χ3n) is 3.01. The van der Waals surface area contributed by atoms with Crippen molar-refractivity contribution in [1.82, 2.24) is 10.2 Å². The minimum absolute atomic E-state index is 0.345. The molecule has 0 N–H and O–H groups in total. The lowest BCUT2D eigenvalue weighted by molar-refractivity contribution is 0.846. The Kier molecular flexibility index (Phi) is 3.73. The largest absolute Gasteiger partial charge is 0.142 e. The molecule has 2 nitrogen and oxygen atoms in total. The lowest BCUT2D eigenvalue weighted by Crippen LogP contribution is -1.91. The fraction of sp³-hybridized carbons (Fsp3) is 0.385. The van der Waals surface area contributed by atoms with Gasteiger partial charge in [-0.15, -0.1) is 22.0 Å². The van der Waals surface area contributed by atoms with E-state index < -0.39 is 0 Å². The summed E-state index contributed by atoms with van der Waals surface area (Å²) in [4.78, 5) is 1.74. The molecular formula is C13H13BrN2S2. The number of aromatic nitrogens is 2. The maximum absolute atomic E-state index is 4.37. The summed E-state index contributed by atoms with van der Waals surface area (Å²) >= 11 is 7.29. The standard InChI is InChI=1S/C13H13BrN2S2/c1-2-9(14)12-15-16-13(18-12)11-7-8-5-3-4-6-10(8)17-11/h3-6,9,11H,2,7H2,1H3. The van der Waals surface area contributed by atoms with Gasteiger partial charge in [-0.05, 0) is 24.5 Å². The van der Waals surface area contributed by atoms with Gasteiger partial charge in [-0.1, -0.05) is 52.4 Å². The van der Waals surface area contributed by atoms with Crippen LogP contribution in [-0.2, 0) is 6.42 Å². The summed E-state index contributed by atoms with van der Waals surface area (Å²) < 4.78 is 0. The molecule has 0 aliphatic carbocycles. The third kappa shape index (κ3) is 2.36. The van der Waals surface area contributed by atoms with E-state index in [0.29, 0.717) is 10.1 Å². The van der Waals surface area contributed by atoms with Crippen molar-refractivity contribution in [2.75, 3.05) is 0 Å². The molecule has 1 aromatic heterocycles. The van der Waals surface area contributed by atoms with E-state index in [-0.39, 0.29) is 0 Å². The number of rotatable bonds is 3. The molecule has 0 amide bonds. The molecule has 3 rings (SSSR count). The molecule has 0 bridgehead atoms. The first-order valence-electron chi connectivity index (χ1n) is 6.00. The lowest BCUT2D eigenvalue weighted by Gasteiger charge is -2.02. The summed E-state index contributed by atoms with van der Waals surface area (Å²) in [6.07, 6.45) is 2.13. The minimum Gasteiger partial charge on any atom is -0.142 e. The van der Waals surface area contributed by atoms with Crippen LogP contribution in [0.5, 0.6) is 0 Å². The van der Waals surface area contributed by atoms with Crippen molar-refractivity contribution in [3.05, 3.63) is 39.8 Å². The van der Waals surface area contributed by atoms with Crippen molar-refractivity contribution in [2.45, 2.75) is 34.7 Å². The predicted molar refractivity (Wildman–Crippen MR) is 80.6 cm³/mol. The predicted octanol–water partition coefficient (Wildman–Crippen LogP) is 4.77. The Morgan fingerprint density at radius 3 is 3.00 bits per heavy atom. The molecule has 5 heteroatoms. The van der Waals surface area contributed by atoms with Gasteiger partial charge in [0.2, 0.25) is 0 Å². The van der Waals surface area contributed by atoms with Crippen LogP contribution >= 0.6 is 39.0 Å². The first-order valence-corrected chi connectivity index (χ1v) is 8.61. The maximum Gasteiger partial charge on any atom is 0.131 e. The fourth-order valence-electron chi connectivity index (χ4n) is 2.00. The zero-order valence-electron chi connectivity index (χ0n) is 9.97. The molecule has 1 aliphatic heterocycles. The van der Waals surface area contributed by atoms with Gasteiger partial charge < -0.3 is 0 Å². The van der Waals surface area contributed by atoms with E-state index in [9.17, 15) is 0 Å². The smallest absolute Gasteiger partial charge is 0.131 e. The van der Waals surface area contributed by atoms with Gasteiger partial charge in [0.1, 0.15) is 10.0 Å². The van der Waals surface area contributed by atoms with Crippen molar-refractivity contribution >= 4 is 39.0 Å². The zero-order valence-corrected chi connectivity index (χ0v) is 13.2. The Labute approximate surface area is 123 Å². The van der Waals surface area contributed by atoms with E-state index in [2.05, 4.69) is 57.3 Å². The van der Waals surface area contributed by atoms with E-state index in [0.717, 1.165) is 22.9 Å². The van der Waals surface area contributed by atoms with Gasteiger partial charge in [-0.2, -0.15) is 0 Å². The number of fused-ring (bicyclic) bond motifs is 1. The first kappa shape index (κ1) is 12.6. The SMILES string of the molecule is CCC(Br)c1nnc(C2Cc3ccccc3S2)s1. The number of thioether (sulfide) groups is 1. The molecule has 0 saturated heterocycles. The average Bonchev–Trinajstić information content (AvgIpc) is 3.03. The Morgan fingerprint density at radius 2 is 2.22 bits per heavy atom. The number of hydrogen-bond acceptors (Lipinski definition) is 4. The van der Waals surface area contributed by atoms with E-state index in [4.69, 9.17) is 0 Å². The molecule has 2 atom stereocenters. The molecule has 2 heterocycles. The lowest BCUT2D eigenvalue weighted by atomic mass is 10.1. The van der Waals surface area contributed by atoms with Gasteiger partial charge in [0.05, 0.1) is 10.1 Å². The minimum atomic E-state index is 0.345. The second-order valence-corrected chi connectivity index (χ2v) is 7.66. The van der Waals surface area contributed by atoms with Crippen LogP contribution in [0.15, 0.2) is 29.2 Å². The molecule has 0 fully saturated rings. The number of alkyl halides is 1. The highest BCUT2D eigenvalue weighted by Gasteiger charge is 2.27. The topological polar surface area (TPSA) is 25.8 Å².